The minimum absolute atomic E-state index is 0.152. The summed E-state index contributed by atoms with van der Waals surface area (Å²) in [6, 6.07) is 9.80. The second-order valence-electron chi connectivity index (χ2n) is 5.39. The zero-order chi connectivity index (χ0) is 17.8. The number of amides is 1. The first-order chi connectivity index (χ1) is 12.1. The topological polar surface area (TPSA) is 68.3 Å². The number of rotatable bonds is 5. The summed E-state index contributed by atoms with van der Waals surface area (Å²) in [5.41, 5.74) is 3.40. The maximum absolute atomic E-state index is 12.2. The van der Waals surface area contributed by atoms with Crippen LogP contribution in [0.3, 0.4) is 0 Å². The Kier molecular flexibility index (Phi) is 5.25. The van der Waals surface area contributed by atoms with Crippen molar-refractivity contribution in [1.29, 1.82) is 0 Å². The zero-order valence-electron chi connectivity index (χ0n) is 13.7. The molecule has 1 N–H and O–H groups in total. The first-order valence-corrected chi connectivity index (χ1v) is 9.30. The average Bonchev–Trinajstić information content (AvgIpc) is 3.24. The molecule has 128 valence electrons. The van der Waals surface area contributed by atoms with Crippen LogP contribution in [0.2, 0.25) is 0 Å². The van der Waals surface area contributed by atoms with Crippen molar-refractivity contribution in [3.05, 3.63) is 57.2 Å². The minimum atomic E-state index is -0.458. The summed E-state index contributed by atoms with van der Waals surface area (Å²) in [5.74, 6) is -0.676. The minimum Gasteiger partial charge on any atom is -0.465 e. The lowest BCUT2D eigenvalue weighted by Crippen LogP contribution is -2.16. The van der Waals surface area contributed by atoms with Crippen molar-refractivity contribution >= 4 is 40.2 Å². The Morgan fingerprint density at radius 3 is 2.64 bits per heavy atom. The maximum Gasteiger partial charge on any atom is 0.350 e. The van der Waals surface area contributed by atoms with Crippen molar-refractivity contribution in [2.45, 2.75) is 13.3 Å². The van der Waals surface area contributed by atoms with E-state index in [9.17, 15) is 9.59 Å². The van der Waals surface area contributed by atoms with E-state index in [1.54, 1.807) is 11.4 Å². The van der Waals surface area contributed by atoms with Crippen molar-refractivity contribution in [2.24, 2.45) is 0 Å². The molecule has 3 rings (SSSR count). The van der Waals surface area contributed by atoms with Gasteiger partial charge in [0.1, 0.15) is 9.88 Å². The molecule has 7 heteroatoms. The second kappa shape index (κ2) is 7.58. The van der Waals surface area contributed by atoms with Crippen LogP contribution in [0.4, 0.5) is 5.69 Å². The van der Waals surface area contributed by atoms with Crippen molar-refractivity contribution in [3.63, 3.8) is 0 Å². The molecule has 0 saturated carbocycles. The third-order valence-corrected chi connectivity index (χ3v) is 5.34. The normalized spacial score (nSPS) is 10.5. The van der Waals surface area contributed by atoms with E-state index in [1.807, 2.05) is 36.6 Å². The highest BCUT2D eigenvalue weighted by molar-refractivity contribution is 7.13. The monoisotopic (exact) mass is 372 g/mol. The lowest BCUT2D eigenvalue weighted by Gasteiger charge is -2.04. The van der Waals surface area contributed by atoms with Crippen molar-refractivity contribution in [1.82, 2.24) is 4.98 Å². The number of thiazole rings is 1. The summed E-state index contributed by atoms with van der Waals surface area (Å²) in [5, 5.41) is 7.24. The number of esters is 1. The van der Waals surface area contributed by atoms with Gasteiger partial charge < -0.3 is 10.1 Å². The van der Waals surface area contributed by atoms with Gasteiger partial charge in [0.05, 0.1) is 24.9 Å². The molecule has 0 atom stereocenters. The molecule has 0 spiro atoms. The maximum atomic E-state index is 12.2. The fraction of sp³-hybridized carbons (Fsp3) is 0.167. The van der Waals surface area contributed by atoms with Crippen LogP contribution in [0.1, 0.15) is 20.9 Å². The van der Waals surface area contributed by atoms with Crippen LogP contribution in [-0.2, 0) is 16.0 Å². The molecule has 3 aromatic rings. The summed E-state index contributed by atoms with van der Waals surface area (Å²) in [4.78, 5) is 28.8. The molecule has 1 amide bonds. The molecular formula is C18H16N2O3S2. The van der Waals surface area contributed by atoms with E-state index in [0.717, 1.165) is 10.6 Å². The van der Waals surface area contributed by atoms with E-state index in [4.69, 9.17) is 4.74 Å². The number of hydrogen-bond donors (Lipinski definition) is 1. The molecule has 2 heterocycles. The molecule has 0 saturated heterocycles. The summed E-state index contributed by atoms with van der Waals surface area (Å²) in [7, 11) is 1.32. The number of thiophene rings is 1. The highest BCUT2D eigenvalue weighted by Crippen LogP contribution is 2.25. The lowest BCUT2D eigenvalue weighted by atomic mass is 10.2. The number of carbonyl (C=O) groups is 2. The molecule has 0 fully saturated rings. The summed E-state index contributed by atoms with van der Waals surface area (Å²) in [6.45, 7) is 2.04. The van der Waals surface area contributed by atoms with Gasteiger partial charge in [-0.1, -0.05) is 29.8 Å². The molecule has 0 bridgehead atoms. The molecule has 25 heavy (non-hydrogen) atoms. The van der Waals surface area contributed by atoms with Gasteiger partial charge in [-0.25, -0.2) is 9.78 Å². The summed E-state index contributed by atoms with van der Waals surface area (Å²) >= 11 is 2.74. The smallest absolute Gasteiger partial charge is 0.350 e. The zero-order valence-corrected chi connectivity index (χ0v) is 15.4. The molecule has 5 nitrogen and oxygen atoms in total. The fourth-order valence-corrected chi connectivity index (χ4v) is 3.83. The van der Waals surface area contributed by atoms with Crippen LogP contribution < -0.4 is 5.32 Å². The summed E-state index contributed by atoms with van der Waals surface area (Å²) < 4.78 is 4.71. The number of benzene rings is 1. The standard InChI is InChI=1S/C18H16N2O3S2/c1-11-3-5-12(6-4-11)17-19-13(10-25-17)9-15(21)20-14-7-8-24-16(14)18(22)23-2/h3-8,10H,9H2,1-2H3,(H,20,21). The predicted octanol–water partition coefficient (Wildman–Crippen LogP) is 4.15. The Balaban J connectivity index is 1.67. The largest absolute Gasteiger partial charge is 0.465 e. The predicted molar refractivity (Wildman–Crippen MR) is 100 cm³/mol. The number of hydrogen-bond acceptors (Lipinski definition) is 6. The number of ether oxygens (including phenoxy) is 1. The Bertz CT molecular complexity index is 897. The van der Waals surface area contributed by atoms with Crippen LogP contribution in [0.5, 0.6) is 0 Å². The number of anilines is 1. The van der Waals surface area contributed by atoms with Gasteiger partial charge in [0.15, 0.2) is 0 Å². The SMILES string of the molecule is COC(=O)c1sccc1NC(=O)Cc1csc(-c2ccc(C)cc2)n1. The average molecular weight is 372 g/mol. The molecule has 0 radical (unpaired) electrons. The molecular weight excluding hydrogens is 356 g/mol. The van der Waals surface area contributed by atoms with Gasteiger partial charge in [-0.15, -0.1) is 22.7 Å². The Labute approximate surface area is 153 Å². The van der Waals surface area contributed by atoms with Gasteiger partial charge in [-0.2, -0.15) is 0 Å². The second-order valence-corrected chi connectivity index (χ2v) is 7.16. The van der Waals surface area contributed by atoms with E-state index in [2.05, 4.69) is 10.3 Å². The molecule has 0 aliphatic carbocycles. The number of nitrogens with zero attached hydrogens (tertiary/aromatic N) is 1. The Morgan fingerprint density at radius 1 is 1.16 bits per heavy atom. The van der Waals surface area contributed by atoms with E-state index < -0.39 is 5.97 Å². The van der Waals surface area contributed by atoms with Gasteiger partial charge in [0.2, 0.25) is 5.91 Å². The van der Waals surface area contributed by atoms with Crippen LogP contribution in [0.25, 0.3) is 10.6 Å². The number of nitrogens with one attached hydrogen (secondary N) is 1. The van der Waals surface area contributed by atoms with Crippen LogP contribution in [0.15, 0.2) is 41.1 Å². The van der Waals surface area contributed by atoms with E-state index in [1.165, 1.54) is 35.3 Å². The Morgan fingerprint density at radius 2 is 1.92 bits per heavy atom. The molecule has 0 aliphatic rings. The van der Waals surface area contributed by atoms with E-state index in [-0.39, 0.29) is 12.3 Å². The quantitative estimate of drug-likeness (QED) is 0.683. The molecule has 0 aliphatic heterocycles. The molecule has 1 aromatic carbocycles. The Hall–Kier alpha value is -2.51. The van der Waals surface area contributed by atoms with Crippen molar-refractivity contribution in [3.8, 4) is 10.6 Å². The number of carbonyl (C=O) groups excluding carboxylic acids is 2. The highest BCUT2D eigenvalue weighted by Gasteiger charge is 2.16. The number of aromatic nitrogens is 1. The van der Waals surface area contributed by atoms with Gasteiger partial charge in [-0.3, -0.25) is 4.79 Å². The lowest BCUT2D eigenvalue weighted by molar-refractivity contribution is -0.115. The first-order valence-electron chi connectivity index (χ1n) is 7.54. The van der Waals surface area contributed by atoms with Gasteiger partial charge >= 0.3 is 5.97 Å². The van der Waals surface area contributed by atoms with Crippen molar-refractivity contribution in [2.75, 3.05) is 12.4 Å². The highest BCUT2D eigenvalue weighted by atomic mass is 32.1. The van der Waals surface area contributed by atoms with Gasteiger partial charge in [-0.05, 0) is 18.4 Å². The fourth-order valence-electron chi connectivity index (χ4n) is 2.23. The van der Waals surface area contributed by atoms with Gasteiger partial charge in [0, 0.05) is 10.9 Å². The summed E-state index contributed by atoms with van der Waals surface area (Å²) in [6.07, 6.45) is 0.152. The van der Waals surface area contributed by atoms with Gasteiger partial charge in [0.25, 0.3) is 0 Å². The first kappa shape index (κ1) is 17.3. The number of aryl methyl sites for hydroxylation is 1. The van der Waals surface area contributed by atoms with Crippen LogP contribution in [-0.4, -0.2) is 24.0 Å². The molecule has 0 unspecified atom stereocenters. The third kappa shape index (κ3) is 4.12. The van der Waals surface area contributed by atoms with Crippen molar-refractivity contribution < 1.29 is 14.3 Å². The third-order valence-electron chi connectivity index (χ3n) is 3.50. The van der Waals surface area contributed by atoms with Crippen LogP contribution in [0, 0.1) is 6.92 Å². The van der Waals surface area contributed by atoms with E-state index >= 15 is 0 Å². The molecule has 2 aromatic heterocycles. The van der Waals surface area contributed by atoms with E-state index in [0.29, 0.717) is 16.3 Å². The van der Waals surface area contributed by atoms with Crippen LogP contribution >= 0.6 is 22.7 Å². The number of methoxy groups -OCH3 is 1.